The molecular formula is C20H14O4. The van der Waals surface area contributed by atoms with Crippen LogP contribution in [-0.2, 0) is 0 Å². The summed E-state index contributed by atoms with van der Waals surface area (Å²) in [5, 5.41) is 9.09. The van der Waals surface area contributed by atoms with Gasteiger partial charge in [-0.2, -0.15) is 0 Å². The summed E-state index contributed by atoms with van der Waals surface area (Å²) in [4.78, 5) is 23.2. The molecule has 1 N–H and O–H groups in total. The first kappa shape index (κ1) is 15.5. The van der Waals surface area contributed by atoms with E-state index in [1.807, 2.05) is 18.2 Å². The summed E-state index contributed by atoms with van der Waals surface area (Å²) in [5.41, 5.74) is 2.19. The van der Waals surface area contributed by atoms with Crippen LogP contribution >= 0.6 is 0 Å². The second-order valence-electron chi connectivity index (χ2n) is 5.17. The first-order chi connectivity index (χ1) is 11.6. The van der Waals surface area contributed by atoms with Gasteiger partial charge < -0.3 is 9.84 Å². The third-order valence-electron chi connectivity index (χ3n) is 3.50. The lowest BCUT2D eigenvalue weighted by Gasteiger charge is -2.07. The zero-order chi connectivity index (χ0) is 16.9. The summed E-state index contributed by atoms with van der Waals surface area (Å²) in [5.74, 6) is -1.02. The standard InChI is InChI=1S/C20H14O4/c21-19(22)17-10-4-8-15(12-17)16-9-5-11-18(13-16)24-20(23)14-6-2-1-3-7-14/h1-13H,(H,21,22). The largest absolute Gasteiger partial charge is 0.478 e. The first-order valence-corrected chi connectivity index (χ1v) is 7.34. The van der Waals surface area contributed by atoms with E-state index in [9.17, 15) is 9.59 Å². The van der Waals surface area contributed by atoms with Crippen molar-refractivity contribution in [3.63, 3.8) is 0 Å². The van der Waals surface area contributed by atoms with Gasteiger partial charge in [-0.25, -0.2) is 9.59 Å². The Morgan fingerprint density at radius 1 is 0.708 bits per heavy atom. The topological polar surface area (TPSA) is 63.6 Å². The van der Waals surface area contributed by atoms with E-state index in [1.165, 1.54) is 6.07 Å². The molecule has 0 fully saturated rings. The molecule has 4 nitrogen and oxygen atoms in total. The number of benzene rings is 3. The van der Waals surface area contributed by atoms with E-state index >= 15 is 0 Å². The van der Waals surface area contributed by atoms with Gasteiger partial charge in [0, 0.05) is 0 Å². The van der Waals surface area contributed by atoms with Gasteiger partial charge in [-0.3, -0.25) is 0 Å². The van der Waals surface area contributed by atoms with Gasteiger partial charge >= 0.3 is 11.9 Å². The number of hydrogen-bond donors (Lipinski definition) is 1. The van der Waals surface area contributed by atoms with Crippen LogP contribution in [0, 0.1) is 0 Å². The smallest absolute Gasteiger partial charge is 0.343 e. The van der Waals surface area contributed by atoms with E-state index in [2.05, 4.69) is 0 Å². The zero-order valence-corrected chi connectivity index (χ0v) is 12.7. The molecule has 0 spiro atoms. The van der Waals surface area contributed by atoms with Gasteiger partial charge in [0.15, 0.2) is 0 Å². The number of ether oxygens (including phenoxy) is 1. The van der Waals surface area contributed by atoms with Crippen LogP contribution < -0.4 is 4.74 Å². The maximum atomic E-state index is 12.1. The van der Waals surface area contributed by atoms with Gasteiger partial charge in [0.05, 0.1) is 11.1 Å². The fraction of sp³-hybridized carbons (Fsp3) is 0. The van der Waals surface area contributed by atoms with Crippen LogP contribution in [0.1, 0.15) is 20.7 Å². The summed E-state index contributed by atoms with van der Waals surface area (Å²) in [7, 11) is 0. The molecule has 0 aromatic heterocycles. The van der Waals surface area contributed by atoms with E-state index in [4.69, 9.17) is 9.84 Å². The molecular weight excluding hydrogens is 304 g/mol. The molecule has 3 aromatic carbocycles. The number of aromatic carboxylic acids is 1. The van der Waals surface area contributed by atoms with Crippen molar-refractivity contribution < 1.29 is 19.4 Å². The fourth-order valence-electron chi connectivity index (χ4n) is 2.31. The van der Waals surface area contributed by atoms with Crippen molar-refractivity contribution in [2.75, 3.05) is 0 Å². The second kappa shape index (κ2) is 6.79. The SMILES string of the molecule is O=C(O)c1cccc(-c2cccc(OC(=O)c3ccccc3)c2)c1. The third-order valence-corrected chi connectivity index (χ3v) is 3.50. The molecule has 3 rings (SSSR count). The van der Waals surface area contributed by atoms with E-state index in [-0.39, 0.29) is 5.56 Å². The van der Waals surface area contributed by atoms with Crippen LogP contribution in [0.5, 0.6) is 5.75 Å². The highest BCUT2D eigenvalue weighted by atomic mass is 16.5. The number of carbonyl (C=O) groups excluding carboxylic acids is 1. The summed E-state index contributed by atoms with van der Waals surface area (Å²) in [6.45, 7) is 0. The monoisotopic (exact) mass is 318 g/mol. The van der Waals surface area contributed by atoms with Crippen molar-refractivity contribution in [1.29, 1.82) is 0 Å². The Labute approximate surface area is 139 Å². The zero-order valence-electron chi connectivity index (χ0n) is 12.7. The van der Waals surface area contributed by atoms with Crippen molar-refractivity contribution in [3.05, 3.63) is 90.0 Å². The van der Waals surface area contributed by atoms with Crippen molar-refractivity contribution in [2.24, 2.45) is 0 Å². The van der Waals surface area contributed by atoms with Crippen LogP contribution in [-0.4, -0.2) is 17.0 Å². The second-order valence-corrected chi connectivity index (χ2v) is 5.17. The molecule has 0 heterocycles. The number of carbonyl (C=O) groups is 2. The summed E-state index contributed by atoms with van der Waals surface area (Å²) >= 11 is 0. The summed E-state index contributed by atoms with van der Waals surface area (Å²) in [6, 6.07) is 22.3. The van der Waals surface area contributed by atoms with Crippen LogP contribution in [0.4, 0.5) is 0 Å². The van der Waals surface area contributed by atoms with Gasteiger partial charge in [0.2, 0.25) is 0 Å². The number of rotatable bonds is 4. The maximum Gasteiger partial charge on any atom is 0.343 e. The van der Waals surface area contributed by atoms with E-state index < -0.39 is 11.9 Å². The van der Waals surface area contributed by atoms with Gasteiger partial charge in [-0.05, 0) is 47.5 Å². The molecule has 0 saturated heterocycles. The van der Waals surface area contributed by atoms with Crippen LogP contribution in [0.25, 0.3) is 11.1 Å². The Morgan fingerprint density at radius 2 is 1.33 bits per heavy atom. The average molecular weight is 318 g/mol. The minimum absolute atomic E-state index is 0.208. The van der Waals surface area contributed by atoms with E-state index in [0.717, 1.165) is 11.1 Å². The molecule has 0 radical (unpaired) electrons. The molecule has 3 aromatic rings. The number of carboxylic acids is 1. The van der Waals surface area contributed by atoms with Crippen molar-refractivity contribution in [2.45, 2.75) is 0 Å². The lowest BCUT2D eigenvalue weighted by atomic mass is 10.0. The molecule has 0 atom stereocenters. The number of esters is 1. The predicted octanol–water partition coefficient (Wildman–Crippen LogP) is 4.27. The highest BCUT2D eigenvalue weighted by molar-refractivity contribution is 5.91. The highest BCUT2D eigenvalue weighted by Crippen LogP contribution is 2.25. The minimum Gasteiger partial charge on any atom is -0.478 e. The van der Waals surface area contributed by atoms with Crippen LogP contribution in [0.3, 0.4) is 0 Å². The van der Waals surface area contributed by atoms with Gasteiger partial charge in [-0.1, -0.05) is 42.5 Å². The molecule has 0 saturated carbocycles. The highest BCUT2D eigenvalue weighted by Gasteiger charge is 2.09. The number of hydrogen-bond acceptors (Lipinski definition) is 3. The average Bonchev–Trinajstić information content (AvgIpc) is 2.63. The fourth-order valence-corrected chi connectivity index (χ4v) is 2.31. The van der Waals surface area contributed by atoms with Gasteiger partial charge in [-0.15, -0.1) is 0 Å². The molecule has 0 bridgehead atoms. The van der Waals surface area contributed by atoms with E-state index in [0.29, 0.717) is 11.3 Å². The lowest BCUT2D eigenvalue weighted by Crippen LogP contribution is -2.08. The molecule has 0 unspecified atom stereocenters. The molecule has 4 heteroatoms. The van der Waals surface area contributed by atoms with E-state index in [1.54, 1.807) is 54.6 Å². The Balaban J connectivity index is 1.86. The Bertz CT molecular complexity index is 885. The van der Waals surface area contributed by atoms with Crippen molar-refractivity contribution in [1.82, 2.24) is 0 Å². The normalized spacial score (nSPS) is 10.2. The molecule has 0 aliphatic rings. The Morgan fingerprint density at radius 3 is 2.04 bits per heavy atom. The predicted molar refractivity (Wildman–Crippen MR) is 90.2 cm³/mol. The minimum atomic E-state index is -0.983. The molecule has 0 aliphatic carbocycles. The van der Waals surface area contributed by atoms with Crippen molar-refractivity contribution in [3.8, 4) is 16.9 Å². The van der Waals surface area contributed by atoms with Gasteiger partial charge in [0.1, 0.15) is 5.75 Å². The quantitative estimate of drug-likeness (QED) is 0.576. The van der Waals surface area contributed by atoms with Crippen LogP contribution in [0.2, 0.25) is 0 Å². The molecule has 0 aliphatic heterocycles. The Kier molecular flexibility index (Phi) is 4.38. The first-order valence-electron chi connectivity index (χ1n) is 7.34. The third kappa shape index (κ3) is 3.50. The molecule has 0 amide bonds. The van der Waals surface area contributed by atoms with Crippen LogP contribution in [0.15, 0.2) is 78.9 Å². The molecule has 24 heavy (non-hydrogen) atoms. The summed E-state index contributed by atoms with van der Waals surface area (Å²) < 4.78 is 5.39. The van der Waals surface area contributed by atoms with Crippen molar-refractivity contribution >= 4 is 11.9 Å². The Hall–Kier alpha value is -3.40. The number of carboxylic acid groups (broad SMARTS) is 1. The lowest BCUT2D eigenvalue weighted by molar-refractivity contribution is 0.0694. The summed E-state index contributed by atoms with van der Waals surface area (Å²) in [6.07, 6.45) is 0. The molecule has 118 valence electrons. The maximum absolute atomic E-state index is 12.1. The van der Waals surface area contributed by atoms with Gasteiger partial charge in [0.25, 0.3) is 0 Å².